The second-order valence-electron chi connectivity index (χ2n) is 4.05. The highest BCUT2D eigenvalue weighted by molar-refractivity contribution is 7.10. The number of hydrogen-bond donors (Lipinski definition) is 2. The fourth-order valence-corrected chi connectivity index (χ4v) is 2.60. The first-order chi connectivity index (χ1) is 8.31. The molecule has 2 N–H and O–H groups in total. The Morgan fingerprint density at radius 3 is 2.53 bits per heavy atom. The molecule has 2 rings (SSSR count). The van der Waals surface area contributed by atoms with E-state index >= 15 is 0 Å². The van der Waals surface area contributed by atoms with Crippen molar-refractivity contribution in [3.63, 3.8) is 0 Å². The Labute approximate surface area is 106 Å². The lowest BCUT2D eigenvalue weighted by molar-refractivity contribution is 0.236. The van der Waals surface area contributed by atoms with E-state index in [0.717, 1.165) is 5.56 Å². The molecule has 0 radical (unpaired) electrons. The molecule has 3 heteroatoms. The van der Waals surface area contributed by atoms with Gasteiger partial charge in [-0.1, -0.05) is 36.4 Å². The molecule has 0 aliphatic carbocycles. The van der Waals surface area contributed by atoms with Crippen LogP contribution in [0.25, 0.3) is 0 Å². The Morgan fingerprint density at radius 2 is 1.94 bits per heavy atom. The topological polar surface area (TPSA) is 32.3 Å². The lowest BCUT2D eigenvalue weighted by atomic mass is 10.1. The van der Waals surface area contributed by atoms with Crippen LogP contribution in [0, 0.1) is 0 Å². The van der Waals surface area contributed by atoms with E-state index < -0.39 is 0 Å². The highest BCUT2D eigenvalue weighted by Gasteiger charge is 2.14. The second kappa shape index (κ2) is 5.96. The molecule has 0 aliphatic heterocycles. The second-order valence-corrected chi connectivity index (χ2v) is 5.03. The maximum Gasteiger partial charge on any atom is 0.0626 e. The zero-order valence-electron chi connectivity index (χ0n) is 9.84. The maximum atomic E-state index is 9.47. The van der Waals surface area contributed by atoms with E-state index in [-0.39, 0.29) is 18.7 Å². The van der Waals surface area contributed by atoms with Gasteiger partial charge in [0.15, 0.2) is 0 Å². The minimum Gasteiger partial charge on any atom is -0.394 e. The Kier molecular flexibility index (Phi) is 4.31. The molecule has 1 heterocycles. The normalized spacial score (nSPS) is 14.5. The first-order valence-corrected chi connectivity index (χ1v) is 6.64. The van der Waals surface area contributed by atoms with Crippen molar-refractivity contribution < 1.29 is 5.11 Å². The number of nitrogens with one attached hydrogen (secondary N) is 1. The van der Waals surface area contributed by atoms with Gasteiger partial charge in [0.05, 0.1) is 12.6 Å². The van der Waals surface area contributed by atoms with E-state index in [4.69, 9.17) is 0 Å². The van der Waals surface area contributed by atoms with Gasteiger partial charge >= 0.3 is 0 Å². The van der Waals surface area contributed by atoms with Gasteiger partial charge in [0.2, 0.25) is 0 Å². The highest BCUT2D eigenvalue weighted by Crippen LogP contribution is 2.22. The lowest BCUT2D eigenvalue weighted by Crippen LogP contribution is -2.26. The third-order valence-corrected chi connectivity index (χ3v) is 3.86. The minimum absolute atomic E-state index is 0.00620. The summed E-state index contributed by atoms with van der Waals surface area (Å²) in [6, 6.07) is 14.5. The van der Waals surface area contributed by atoms with Gasteiger partial charge in [-0.25, -0.2) is 0 Å². The summed E-state index contributed by atoms with van der Waals surface area (Å²) in [6.07, 6.45) is 0. The van der Waals surface area contributed by atoms with E-state index in [9.17, 15) is 5.11 Å². The number of aliphatic hydroxyl groups excluding tert-OH is 1. The number of aliphatic hydroxyl groups is 1. The molecule has 2 atom stereocenters. The van der Waals surface area contributed by atoms with Crippen LogP contribution >= 0.6 is 11.3 Å². The van der Waals surface area contributed by atoms with E-state index in [1.165, 1.54) is 4.88 Å². The van der Waals surface area contributed by atoms with Crippen LogP contribution in [0.1, 0.15) is 29.4 Å². The largest absolute Gasteiger partial charge is 0.394 e. The van der Waals surface area contributed by atoms with Crippen LogP contribution < -0.4 is 5.32 Å². The molecule has 90 valence electrons. The van der Waals surface area contributed by atoms with Gasteiger partial charge in [-0.15, -0.1) is 11.3 Å². The zero-order chi connectivity index (χ0) is 12.1. The van der Waals surface area contributed by atoms with E-state index in [0.29, 0.717) is 0 Å². The molecule has 0 bridgehead atoms. The van der Waals surface area contributed by atoms with Crippen molar-refractivity contribution in [2.75, 3.05) is 6.61 Å². The fourth-order valence-electron chi connectivity index (χ4n) is 1.86. The van der Waals surface area contributed by atoms with Crippen LogP contribution in [0.2, 0.25) is 0 Å². The summed E-state index contributed by atoms with van der Waals surface area (Å²) >= 11 is 1.73. The van der Waals surface area contributed by atoms with Crippen LogP contribution in [0.4, 0.5) is 0 Å². The predicted molar refractivity (Wildman–Crippen MR) is 72.1 cm³/mol. The van der Waals surface area contributed by atoms with Gasteiger partial charge in [0.1, 0.15) is 0 Å². The first-order valence-electron chi connectivity index (χ1n) is 5.76. The summed E-state index contributed by atoms with van der Waals surface area (Å²) < 4.78 is 0. The Bertz CT molecular complexity index is 427. The lowest BCUT2D eigenvalue weighted by Gasteiger charge is -2.21. The van der Waals surface area contributed by atoms with Crippen LogP contribution in [0.15, 0.2) is 47.8 Å². The molecule has 0 aliphatic rings. The van der Waals surface area contributed by atoms with Gasteiger partial charge in [0.25, 0.3) is 0 Å². The van der Waals surface area contributed by atoms with Crippen molar-refractivity contribution in [1.82, 2.24) is 5.32 Å². The average molecular weight is 247 g/mol. The molecule has 0 unspecified atom stereocenters. The average Bonchev–Trinajstić information content (AvgIpc) is 2.90. The predicted octanol–water partition coefficient (Wildman–Crippen LogP) is 3.13. The highest BCUT2D eigenvalue weighted by atomic mass is 32.1. The summed E-state index contributed by atoms with van der Waals surface area (Å²) in [5.74, 6) is 0. The zero-order valence-corrected chi connectivity index (χ0v) is 10.7. The molecule has 2 aromatic rings. The van der Waals surface area contributed by atoms with Crippen molar-refractivity contribution >= 4 is 11.3 Å². The van der Waals surface area contributed by atoms with Gasteiger partial charge in [-0.05, 0) is 23.9 Å². The Hall–Kier alpha value is -1.16. The molecule has 0 saturated heterocycles. The molecular weight excluding hydrogens is 230 g/mol. The van der Waals surface area contributed by atoms with Crippen molar-refractivity contribution in [2.45, 2.75) is 19.0 Å². The number of benzene rings is 1. The smallest absolute Gasteiger partial charge is 0.0626 e. The number of rotatable bonds is 5. The fraction of sp³-hybridized carbons (Fsp3) is 0.286. The molecule has 17 heavy (non-hydrogen) atoms. The number of hydrogen-bond acceptors (Lipinski definition) is 3. The van der Waals surface area contributed by atoms with E-state index in [1.807, 2.05) is 30.3 Å². The summed E-state index contributed by atoms with van der Waals surface area (Å²) in [6.45, 7) is 2.23. The Balaban J connectivity index is 2.06. The molecule has 0 saturated carbocycles. The van der Waals surface area contributed by atoms with Gasteiger partial charge in [0, 0.05) is 10.9 Å². The summed E-state index contributed by atoms with van der Waals surface area (Å²) in [7, 11) is 0. The van der Waals surface area contributed by atoms with Crippen LogP contribution in [0.3, 0.4) is 0 Å². The van der Waals surface area contributed by atoms with Crippen LogP contribution in [-0.2, 0) is 0 Å². The van der Waals surface area contributed by atoms with Crippen molar-refractivity contribution in [3.05, 3.63) is 58.3 Å². The summed E-state index contributed by atoms with van der Waals surface area (Å²) in [5.41, 5.74) is 1.12. The molecule has 0 fully saturated rings. The van der Waals surface area contributed by atoms with Crippen LogP contribution in [0.5, 0.6) is 0 Å². The molecule has 0 amide bonds. The van der Waals surface area contributed by atoms with E-state index in [2.05, 4.69) is 29.8 Å². The molecule has 2 nitrogen and oxygen atoms in total. The minimum atomic E-state index is -0.00620. The van der Waals surface area contributed by atoms with E-state index in [1.54, 1.807) is 11.3 Å². The molecule has 0 spiro atoms. The quantitative estimate of drug-likeness (QED) is 0.850. The van der Waals surface area contributed by atoms with Gasteiger partial charge in [-0.3, -0.25) is 0 Å². The molecular formula is C14H17NOS. The standard InChI is InChI=1S/C14H17NOS/c1-11(14-8-5-9-17-14)15-13(10-16)12-6-3-2-4-7-12/h2-9,11,13,15-16H,10H2,1H3/t11-,13+/m1/s1. The SMILES string of the molecule is C[C@@H](N[C@@H](CO)c1ccccc1)c1cccs1. The summed E-state index contributed by atoms with van der Waals surface area (Å²) in [5, 5.41) is 15.0. The van der Waals surface area contributed by atoms with Crippen LogP contribution in [-0.4, -0.2) is 11.7 Å². The number of thiophene rings is 1. The third-order valence-electron chi connectivity index (χ3n) is 2.81. The summed E-state index contributed by atoms with van der Waals surface area (Å²) in [4.78, 5) is 1.29. The molecule has 1 aromatic carbocycles. The van der Waals surface area contributed by atoms with Crippen molar-refractivity contribution in [1.29, 1.82) is 0 Å². The first kappa shape index (κ1) is 12.3. The monoisotopic (exact) mass is 247 g/mol. The third kappa shape index (κ3) is 3.16. The van der Waals surface area contributed by atoms with Crippen molar-refractivity contribution in [2.24, 2.45) is 0 Å². The molecule has 1 aromatic heterocycles. The van der Waals surface area contributed by atoms with Gasteiger partial charge < -0.3 is 10.4 Å². The maximum absolute atomic E-state index is 9.47. The van der Waals surface area contributed by atoms with Gasteiger partial charge in [-0.2, -0.15) is 0 Å². The van der Waals surface area contributed by atoms with Crippen molar-refractivity contribution in [3.8, 4) is 0 Å². The Morgan fingerprint density at radius 1 is 1.18 bits per heavy atom.